The molecule has 0 N–H and O–H groups in total. The molecule has 2 rings (SSSR count). The second-order valence-corrected chi connectivity index (χ2v) is 4.31. The summed E-state index contributed by atoms with van der Waals surface area (Å²) in [6.07, 6.45) is 1.99. The maximum absolute atomic E-state index is 13.2. The van der Waals surface area contributed by atoms with Gasteiger partial charge >= 0.3 is 0 Å². The van der Waals surface area contributed by atoms with Gasteiger partial charge < -0.3 is 9.64 Å². The second kappa shape index (κ2) is 5.17. The smallest absolute Gasteiger partial charge is 0.225 e. The van der Waals surface area contributed by atoms with E-state index < -0.39 is 0 Å². The molecule has 0 heterocycles. The molecule has 1 amide bonds. The van der Waals surface area contributed by atoms with E-state index in [-0.39, 0.29) is 23.4 Å². The van der Waals surface area contributed by atoms with Crippen molar-refractivity contribution in [2.45, 2.75) is 12.8 Å². The Balaban J connectivity index is 1.75. The van der Waals surface area contributed by atoms with Crippen molar-refractivity contribution in [3.63, 3.8) is 0 Å². The van der Waals surface area contributed by atoms with E-state index in [1.54, 1.807) is 30.1 Å². The average molecular weight is 237 g/mol. The molecular weight excluding hydrogens is 221 g/mol. The van der Waals surface area contributed by atoms with Crippen molar-refractivity contribution < 1.29 is 13.9 Å². The largest absolute Gasteiger partial charge is 0.489 e. The van der Waals surface area contributed by atoms with Crippen LogP contribution in [0.5, 0.6) is 5.75 Å². The highest BCUT2D eigenvalue weighted by Crippen LogP contribution is 2.30. The van der Waals surface area contributed by atoms with Gasteiger partial charge in [-0.15, -0.1) is 0 Å². The summed E-state index contributed by atoms with van der Waals surface area (Å²) in [5.41, 5.74) is 0. The molecule has 0 atom stereocenters. The van der Waals surface area contributed by atoms with Crippen LogP contribution in [0, 0.1) is 11.7 Å². The molecule has 1 aliphatic carbocycles. The Labute approximate surface area is 100 Å². The van der Waals surface area contributed by atoms with Crippen molar-refractivity contribution in [1.29, 1.82) is 0 Å². The second-order valence-electron chi connectivity index (χ2n) is 4.31. The summed E-state index contributed by atoms with van der Waals surface area (Å²) >= 11 is 0. The van der Waals surface area contributed by atoms with Crippen molar-refractivity contribution in [2.75, 3.05) is 20.2 Å². The first-order valence-electron chi connectivity index (χ1n) is 5.81. The zero-order chi connectivity index (χ0) is 12.3. The quantitative estimate of drug-likeness (QED) is 0.784. The minimum absolute atomic E-state index is 0.169. The first-order valence-corrected chi connectivity index (χ1v) is 5.81. The van der Waals surface area contributed by atoms with E-state index in [0.29, 0.717) is 13.2 Å². The summed E-state index contributed by atoms with van der Waals surface area (Å²) in [5, 5.41) is 0. The van der Waals surface area contributed by atoms with Crippen LogP contribution in [0.3, 0.4) is 0 Å². The van der Waals surface area contributed by atoms with E-state index in [1.165, 1.54) is 6.07 Å². The zero-order valence-corrected chi connectivity index (χ0v) is 9.86. The lowest BCUT2D eigenvalue weighted by Crippen LogP contribution is -2.31. The number of benzene rings is 1. The third kappa shape index (κ3) is 3.19. The summed E-state index contributed by atoms with van der Waals surface area (Å²) in [4.78, 5) is 13.3. The topological polar surface area (TPSA) is 29.5 Å². The van der Waals surface area contributed by atoms with Gasteiger partial charge in [-0.3, -0.25) is 4.79 Å². The van der Waals surface area contributed by atoms with Crippen molar-refractivity contribution in [1.82, 2.24) is 4.90 Å². The SMILES string of the molecule is CN(CCOc1ccccc1F)C(=O)C1CC1. The Kier molecular flexibility index (Phi) is 3.61. The van der Waals surface area contributed by atoms with Crippen LogP contribution in [-0.2, 0) is 4.79 Å². The molecule has 1 aliphatic rings. The molecule has 0 aromatic heterocycles. The summed E-state index contributed by atoms with van der Waals surface area (Å²) in [5.74, 6) is 0.249. The van der Waals surface area contributed by atoms with Crippen LogP contribution in [-0.4, -0.2) is 31.0 Å². The van der Waals surface area contributed by atoms with Crippen LogP contribution < -0.4 is 4.74 Å². The number of carbonyl (C=O) groups is 1. The lowest BCUT2D eigenvalue weighted by atomic mass is 10.3. The van der Waals surface area contributed by atoms with E-state index in [0.717, 1.165) is 12.8 Å². The summed E-state index contributed by atoms with van der Waals surface area (Å²) in [7, 11) is 1.76. The van der Waals surface area contributed by atoms with Crippen LogP contribution in [0.25, 0.3) is 0 Å². The van der Waals surface area contributed by atoms with E-state index in [2.05, 4.69) is 0 Å². The van der Waals surface area contributed by atoms with Gasteiger partial charge in [0.25, 0.3) is 0 Å². The molecule has 0 unspecified atom stereocenters. The number of ether oxygens (including phenoxy) is 1. The zero-order valence-electron chi connectivity index (χ0n) is 9.86. The molecule has 0 bridgehead atoms. The predicted molar refractivity (Wildman–Crippen MR) is 62.3 cm³/mol. The standard InChI is InChI=1S/C13H16FNO2/c1-15(13(16)10-6-7-10)8-9-17-12-5-3-2-4-11(12)14/h2-5,10H,6-9H2,1H3. The number of hydrogen-bond donors (Lipinski definition) is 0. The number of para-hydroxylation sites is 1. The monoisotopic (exact) mass is 237 g/mol. The molecule has 0 aliphatic heterocycles. The number of likely N-dealkylation sites (N-methyl/N-ethyl adjacent to an activating group) is 1. The van der Waals surface area contributed by atoms with Crippen molar-refractivity contribution in [3.05, 3.63) is 30.1 Å². The Morgan fingerprint density at radius 2 is 2.18 bits per heavy atom. The van der Waals surface area contributed by atoms with Gasteiger partial charge in [-0.2, -0.15) is 0 Å². The highest BCUT2D eigenvalue weighted by atomic mass is 19.1. The van der Waals surface area contributed by atoms with Crippen molar-refractivity contribution >= 4 is 5.91 Å². The lowest BCUT2D eigenvalue weighted by Gasteiger charge is -2.17. The predicted octanol–water partition coefficient (Wildman–Crippen LogP) is 2.07. The number of rotatable bonds is 5. The highest BCUT2D eigenvalue weighted by Gasteiger charge is 2.31. The third-order valence-electron chi connectivity index (χ3n) is 2.82. The molecular formula is C13H16FNO2. The third-order valence-corrected chi connectivity index (χ3v) is 2.82. The maximum atomic E-state index is 13.2. The molecule has 1 aromatic rings. The van der Waals surface area contributed by atoms with E-state index in [9.17, 15) is 9.18 Å². The van der Waals surface area contributed by atoms with Gasteiger partial charge in [0.15, 0.2) is 11.6 Å². The molecule has 1 saturated carbocycles. The normalized spacial score (nSPS) is 14.5. The molecule has 3 nitrogen and oxygen atoms in total. The van der Waals surface area contributed by atoms with Gasteiger partial charge in [0.2, 0.25) is 5.91 Å². The van der Waals surface area contributed by atoms with Crippen molar-refractivity contribution in [3.8, 4) is 5.75 Å². The number of nitrogens with zero attached hydrogens (tertiary/aromatic N) is 1. The van der Waals surface area contributed by atoms with Crippen LogP contribution in [0.4, 0.5) is 4.39 Å². The molecule has 0 saturated heterocycles. The molecule has 92 valence electrons. The summed E-state index contributed by atoms with van der Waals surface area (Å²) < 4.78 is 18.5. The molecule has 17 heavy (non-hydrogen) atoms. The van der Waals surface area contributed by atoms with Gasteiger partial charge in [0, 0.05) is 13.0 Å². The lowest BCUT2D eigenvalue weighted by molar-refractivity contribution is -0.131. The fourth-order valence-corrected chi connectivity index (χ4v) is 1.61. The number of carbonyl (C=O) groups excluding carboxylic acids is 1. The van der Waals surface area contributed by atoms with Crippen LogP contribution in [0.1, 0.15) is 12.8 Å². The molecule has 1 aromatic carbocycles. The Bertz CT molecular complexity index is 404. The Morgan fingerprint density at radius 3 is 2.82 bits per heavy atom. The minimum atomic E-state index is -0.372. The Morgan fingerprint density at radius 1 is 1.47 bits per heavy atom. The molecule has 4 heteroatoms. The summed E-state index contributed by atoms with van der Waals surface area (Å²) in [6, 6.07) is 6.27. The first kappa shape index (κ1) is 11.9. The van der Waals surface area contributed by atoms with Gasteiger partial charge in [-0.05, 0) is 25.0 Å². The number of amides is 1. The Hall–Kier alpha value is -1.58. The van der Waals surface area contributed by atoms with Gasteiger partial charge in [-0.25, -0.2) is 4.39 Å². The summed E-state index contributed by atoms with van der Waals surface area (Å²) in [6.45, 7) is 0.805. The highest BCUT2D eigenvalue weighted by molar-refractivity contribution is 5.80. The van der Waals surface area contributed by atoms with Gasteiger partial charge in [0.1, 0.15) is 6.61 Å². The fourth-order valence-electron chi connectivity index (χ4n) is 1.61. The molecule has 0 spiro atoms. The van der Waals surface area contributed by atoms with E-state index >= 15 is 0 Å². The van der Waals surface area contributed by atoms with Crippen LogP contribution >= 0.6 is 0 Å². The van der Waals surface area contributed by atoms with Crippen LogP contribution in [0.2, 0.25) is 0 Å². The minimum Gasteiger partial charge on any atom is -0.489 e. The molecule has 0 radical (unpaired) electrons. The van der Waals surface area contributed by atoms with Gasteiger partial charge in [-0.1, -0.05) is 12.1 Å². The number of halogens is 1. The maximum Gasteiger partial charge on any atom is 0.225 e. The molecule has 1 fully saturated rings. The van der Waals surface area contributed by atoms with Gasteiger partial charge in [0.05, 0.1) is 6.54 Å². The van der Waals surface area contributed by atoms with Crippen LogP contribution in [0.15, 0.2) is 24.3 Å². The fraction of sp³-hybridized carbons (Fsp3) is 0.462. The average Bonchev–Trinajstić information content (AvgIpc) is 3.14. The van der Waals surface area contributed by atoms with E-state index in [4.69, 9.17) is 4.74 Å². The first-order chi connectivity index (χ1) is 8.18. The number of hydrogen-bond acceptors (Lipinski definition) is 2. The van der Waals surface area contributed by atoms with Crippen molar-refractivity contribution in [2.24, 2.45) is 5.92 Å². The van der Waals surface area contributed by atoms with E-state index in [1.807, 2.05) is 0 Å².